The van der Waals surface area contributed by atoms with E-state index in [0.717, 1.165) is 0 Å². The molecule has 0 radical (unpaired) electrons. The van der Waals surface area contributed by atoms with Crippen LogP contribution in [0.4, 0.5) is 0 Å². The van der Waals surface area contributed by atoms with E-state index in [9.17, 15) is 0 Å². The van der Waals surface area contributed by atoms with Crippen LogP contribution in [-0.4, -0.2) is 0 Å². The van der Waals surface area contributed by atoms with E-state index in [1.54, 1.807) is 0 Å². The lowest BCUT2D eigenvalue weighted by Gasteiger charge is -2.12. The standard InChI is InChI=1S/C33H22S/c1-21-9-6-17-29-30-18-8-16-26(33(30)34-32(21)29)22-11-7-12-23(19-22)31-20-24-10-2-3-13-25(24)27-14-4-5-15-28(27)31/h2-20H,1H3. The first-order valence-electron chi connectivity index (χ1n) is 11.7. The van der Waals surface area contributed by atoms with Crippen LogP contribution in [0.2, 0.25) is 0 Å². The summed E-state index contributed by atoms with van der Waals surface area (Å²) in [4.78, 5) is 0. The molecule has 1 aromatic heterocycles. The van der Waals surface area contributed by atoms with Gasteiger partial charge in [0.05, 0.1) is 0 Å². The monoisotopic (exact) mass is 450 g/mol. The fraction of sp³-hybridized carbons (Fsp3) is 0.0303. The van der Waals surface area contributed by atoms with Crippen molar-refractivity contribution < 1.29 is 0 Å². The topological polar surface area (TPSA) is 0 Å². The van der Waals surface area contributed by atoms with Gasteiger partial charge < -0.3 is 0 Å². The molecule has 0 saturated heterocycles. The van der Waals surface area contributed by atoms with Crippen molar-refractivity contribution in [1.29, 1.82) is 0 Å². The molecule has 0 nitrogen and oxygen atoms in total. The van der Waals surface area contributed by atoms with Crippen LogP contribution in [0.3, 0.4) is 0 Å². The minimum absolute atomic E-state index is 1.26. The van der Waals surface area contributed by atoms with Crippen LogP contribution in [0.1, 0.15) is 5.56 Å². The zero-order valence-corrected chi connectivity index (χ0v) is 19.7. The molecule has 34 heavy (non-hydrogen) atoms. The maximum atomic E-state index is 2.36. The van der Waals surface area contributed by atoms with Crippen LogP contribution in [0.25, 0.3) is 64.0 Å². The second-order valence-corrected chi connectivity index (χ2v) is 10.0. The van der Waals surface area contributed by atoms with Gasteiger partial charge in [-0.1, -0.05) is 103 Å². The number of benzene rings is 6. The van der Waals surface area contributed by atoms with Crippen molar-refractivity contribution in [2.45, 2.75) is 6.92 Å². The Balaban J connectivity index is 1.48. The van der Waals surface area contributed by atoms with Gasteiger partial charge in [-0.25, -0.2) is 0 Å². The number of aryl methyl sites for hydroxylation is 1. The largest absolute Gasteiger partial charge is 0.134 e. The Labute approximate surface area is 202 Å². The van der Waals surface area contributed by atoms with E-state index in [1.807, 2.05) is 11.3 Å². The normalized spacial score (nSPS) is 11.7. The summed E-state index contributed by atoms with van der Waals surface area (Å²) in [5.74, 6) is 0. The molecule has 1 heterocycles. The minimum Gasteiger partial charge on any atom is -0.134 e. The van der Waals surface area contributed by atoms with Crippen molar-refractivity contribution in [2.75, 3.05) is 0 Å². The van der Waals surface area contributed by atoms with Gasteiger partial charge in [0, 0.05) is 20.2 Å². The number of hydrogen-bond donors (Lipinski definition) is 0. The van der Waals surface area contributed by atoms with Crippen molar-refractivity contribution in [2.24, 2.45) is 0 Å². The zero-order chi connectivity index (χ0) is 22.6. The Morgan fingerprint density at radius 2 is 1.06 bits per heavy atom. The number of fused-ring (bicyclic) bond motifs is 6. The predicted octanol–water partition coefficient (Wildman–Crippen LogP) is 10.0. The number of hydrogen-bond acceptors (Lipinski definition) is 1. The Kier molecular flexibility index (Phi) is 4.33. The van der Waals surface area contributed by atoms with Gasteiger partial charge in [0.15, 0.2) is 0 Å². The van der Waals surface area contributed by atoms with E-state index in [-0.39, 0.29) is 0 Å². The number of rotatable bonds is 2. The van der Waals surface area contributed by atoms with Crippen LogP contribution < -0.4 is 0 Å². The summed E-state index contributed by atoms with van der Waals surface area (Å²) in [5.41, 5.74) is 6.47. The average molecular weight is 451 g/mol. The third-order valence-corrected chi connectivity index (χ3v) is 8.36. The van der Waals surface area contributed by atoms with Crippen LogP contribution in [0.15, 0.2) is 115 Å². The summed E-state index contributed by atoms with van der Waals surface area (Å²) < 4.78 is 2.76. The molecule has 0 N–H and O–H groups in total. The van der Waals surface area contributed by atoms with Gasteiger partial charge >= 0.3 is 0 Å². The molecule has 0 saturated carbocycles. The van der Waals surface area contributed by atoms with Crippen molar-refractivity contribution in [3.05, 3.63) is 121 Å². The Morgan fingerprint density at radius 3 is 1.91 bits per heavy atom. The van der Waals surface area contributed by atoms with Crippen molar-refractivity contribution >= 4 is 53.1 Å². The van der Waals surface area contributed by atoms with E-state index < -0.39 is 0 Å². The van der Waals surface area contributed by atoms with Crippen LogP contribution in [0.5, 0.6) is 0 Å². The van der Waals surface area contributed by atoms with Gasteiger partial charge in [-0.15, -0.1) is 11.3 Å². The lowest BCUT2D eigenvalue weighted by molar-refractivity contribution is 1.56. The molecule has 7 rings (SSSR count). The highest BCUT2D eigenvalue weighted by Crippen LogP contribution is 2.42. The molecule has 1 heteroatoms. The lowest BCUT2D eigenvalue weighted by atomic mass is 9.91. The molecular formula is C33H22S. The first kappa shape index (κ1) is 19.5. The smallest absolute Gasteiger partial charge is 0.0433 e. The van der Waals surface area contributed by atoms with Crippen molar-refractivity contribution in [3.63, 3.8) is 0 Å². The van der Waals surface area contributed by atoms with Gasteiger partial charge in [0.1, 0.15) is 0 Å². The molecule has 0 aliphatic carbocycles. The SMILES string of the molecule is Cc1cccc2c1sc1c(-c3cccc(-c4cc5ccccc5c5ccccc45)c3)cccc12. The molecule has 0 bridgehead atoms. The Hall–Kier alpha value is -3.94. The molecule has 7 aromatic rings. The maximum Gasteiger partial charge on any atom is 0.0433 e. The van der Waals surface area contributed by atoms with Crippen LogP contribution in [0, 0.1) is 6.92 Å². The zero-order valence-electron chi connectivity index (χ0n) is 18.9. The maximum absolute atomic E-state index is 2.36. The summed E-state index contributed by atoms with van der Waals surface area (Å²) in [6, 6.07) is 42.2. The first-order chi connectivity index (χ1) is 16.8. The predicted molar refractivity (Wildman–Crippen MR) is 150 cm³/mol. The fourth-order valence-electron chi connectivity index (χ4n) is 5.34. The molecule has 0 aliphatic heterocycles. The minimum atomic E-state index is 1.26. The van der Waals surface area contributed by atoms with E-state index in [4.69, 9.17) is 0 Å². The van der Waals surface area contributed by atoms with Crippen LogP contribution in [-0.2, 0) is 0 Å². The second-order valence-electron chi connectivity index (χ2n) is 9.01. The molecular weight excluding hydrogens is 428 g/mol. The molecule has 6 aromatic carbocycles. The van der Waals surface area contributed by atoms with Crippen LogP contribution >= 0.6 is 11.3 Å². The van der Waals surface area contributed by atoms with Gasteiger partial charge in [-0.2, -0.15) is 0 Å². The molecule has 0 spiro atoms. The molecule has 0 fully saturated rings. The van der Waals surface area contributed by atoms with Gasteiger partial charge in [0.2, 0.25) is 0 Å². The molecule has 0 atom stereocenters. The van der Waals surface area contributed by atoms with E-state index in [1.165, 1.54) is 69.5 Å². The highest BCUT2D eigenvalue weighted by molar-refractivity contribution is 7.26. The van der Waals surface area contributed by atoms with E-state index >= 15 is 0 Å². The second kappa shape index (κ2) is 7.55. The highest BCUT2D eigenvalue weighted by Gasteiger charge is 2.13. The highest BCUT2D eigenvalue weighted by atomic mass is 32.1. The molecule has 160 valence electrons. The molecule has 0 aliphatic rings. The lowest BCUT2D eigenvalue weighted by Crippen LogP contribution is -1.86. The van der Waals surface area contributed by atoms with E-state index in [2.05, 4.69) is 122 Å². The number of thiophene rings is 1. The quantitative estimate of drug-likeness (QED) is 0.230. The third kappa shape index (κ3) is 2.91. The third-order valence-electron chi connectivity index (χ3n) is 6.97. The summed E-state index contributed by atoms with van der Waals surface area (Å²) in [7, 11) is 0. The fourth-order valence-corrected chi connectivity index (χ4v) is 6.64. The molecule has 0 unspecified atom stereocenters. The first-order valence-corrected chi connectivity index (χ1v) is 12.5. The Bertz CT molecular complexity index is 1870. The van der Waals surface area contributed by atoms with Gasteiger partial charge in [-0.05, 0) is 68.4 Å². The summed E-state index contributed by atoms with van der Waals surface area (Å²) >= 11 is 1.92. The van der Waals surface area contributed by atoms with Crippen molar-refractivity contribution in [1.82, 2.24) is 0 Å². The van der Waals surface area contributed by atoms with Gasteiger partial charge in [0.25, 0.3) is 0 Å². The van der Waals surface area contributed by atoms with Crippen molar-refractivity contribution in [3.8, 4) is 22.3 Å². The summed E-state index contributed by atoms with van der Waals surface area (Å²) in [6.45, 7) is 2.21. The van der Waals surface area contributed by atoms with E-state index in [0.29, 0.717) is 0 Å². The molecule has 0 amide bonds. The summed E-state index contributed by atoms with van der Waals surface area (Å²) in [5, 5.41) is 7.91. The van der Waals surface area contributed by atoms with Gasteiger partial charge in [-0.3, -0.25) is 0 Å². The average Bonchev–Trinajstić information content (AvgIpc) is 3.29. The Morgan fingerprint density at radius 1 is 0.441 bits per heavy atom. The summed E-state index contributed by atoms with van der Waals surface area (Å²) in [6.07, 6.45) is 0.